The third-order valence-corrected chi connectivity index (χ3v) is 6.23. The van der Waals surface area contributed by atoms with E-state index in [2.05, 4.69) is 17.9 Å². The molecule has 3 aromatic carbocycles. The predicted molar refractivity (Wildman–Crippen MR) is 166 cm³/mol. The highest BCUT2D eigenvalue weighted by molar-refractivity contribution is 5.93. The lowest BCUT2D eigenvalue weighted by atomic mass is 10.0. The number of methoxy groups -OCH3 is 1. The minimum Gasteiger partial charge on any atom is -0.494 e. The number of carbonyl (C=O) groups excluding carboxylic acids is 4. The molecule has 0 aromatic heterocycles. The van der Waals surface area contributed by atoms with Gasteiger partial charge in [0, 0.05) is 18.1 Å². The first-order valence-electron chi connectivity index (χ1n) is 14.3. The number of hydrogen-bond donors (Lipinski definition) is 0. The monoisotopic (exact) mass is 616 g/mol. The molecule has 0 bridgehead atoms. The van der Waals surface area contributed by atoms with Gasteiger partial charge in [-0.1, -0.05) is 37.4 Å². The van der Waals surface area contributed by atoms with Crippen molar-refractivity contribution in [3.63, 3.8) is 0 Å². The number of esters is 4. The lowest BCUT2D eigenvalue weighted by Crippen LogP contribution is -2.13. The molecule has 0 aliphatic heterocycles. The first kappa shape index (κ1) is 34.1. The number of hydrogen-bond acceptors (Lipinski definition) is 10. The van der Waals surface area contributed by atoms with Crippen LogP contribution in [-0.4, -0.2) is 57.4 Å². The Morgan fingerprint density at radius 2 is 1.18 bits per heavy atom. The van der Waals surface area contributed by atoms with E-state index in [0.29, 0.717) is 55.5 Å². The zero-order valence-corrected chi connectivity index (χ0v) is 25.2. The van der Waals surface area contributed by atoms with Gasteiger partial charge in [0.25, 0.3) is 0 Å². The minimum atomic E-state index is -0.639. The average Bonchev–Trinajstić information content (AvgIpc) is 3.06. The molecule has 45 heavy (non-hydrogen) atoms. The number of rotatable bonds is 18. The Hall–Kier alpha value is -5.38. The smallest absolute Gasteiger partial charge is 0.343 e. The molecule has 0 atom stereocenters. The summed E-state index contributed by atoms with van der Waals surface area (Å²) in [6, 6.07) is 21.3. The highest BCUT2D eigenvalue weighted by Crippen LogP contribution is 2.24. The quantitative estimate of drug-likeness (QED) is 0.0562. The Morgan fingerprint density at radius 1 is 0.667 bits per heavy atom. The summed E-state index contributed by atoms with van der Waals surface area (Å²) in [6.45, 7) is 8.12. The summed E-state index contributed by atoms with van der Waals surface area (Å²) in [6.07, 6.45) is 2.78. The zero-order valence-electron chi connectivity index (χ0n) is 25.2. The topological polar surface area (TPSA) is 124 Å². The summed E-state index contributed by atoms with van der Waals surface area (Å²) in [4.78, 5) is 46.7. The summed E-state index contributed by atoms with van der Waals surface area (Å²) < 4.78 is 31.4. The van der Waals surface area contributed by atoms with Crippen LogP contribution in [0.5, 0.6) is 17.2 Å². The molecule has 3 aromatic rings. The third-order valence-electron chi connectivity index (χ3n) is 6.23. The van der Waals surface area contributed by atoms with Gasteiger partial charge >= 0.3 is 23.9 Å². The van der Waals surface area contributed by atoms with E-state index in [1.165, 1.54) is 7.11 Å². The van der Waals surface area contributed by atoms with E-state index in [1.54, 1.807) is 36.4 Å². The second-order valence-electron chi connectivity index (χ2n) is 9.58. The molecular formula is C35H36O10. The van der Waals surface area contributed by atoms with Gasteiger partial charge in [-0.3, -0.25) is 4.79 Å². The molecule has 3 rings (SSSR count). The maximum absolute atomic E-state index is 12.6. The van der Waals surface area contributed by atoms with E-state index in [-0.39, 0.29) is 18.6 Å². The van der Waals surface area contributed by atoms with Crippen LogP contribution in [-0.2, 0) is 28.6 Å². The van der Waals surface area contributed by atoms with E-state index in [9.17, 15) is 19.2 Å². The summed E-state index contributed by atoms with van der Waals surface area (Å²) in [5.41, 5.74) is 2.30. The second kappa shape index (κ2) is 18.3. The first-order valence-corrected chi connectivity index (χ1v) is 14.3. The molecule has 0 aliphatic rings. The largest absolute Gasteiger partial charge is 0.494 e. The molecule has 0 aliphatic carbocycles. The van der Waals surface area contributed by atoms with Gasteiger partial charge in [-0.15, -0.1) is 0 Å². The molecule has 0 heterocycles. The SMILES string of the molecule is C=CC(=O)OCCCCOc1ccc(OC(=O)c2ccc(-c3ccc(OCCCOC(=O)C(=C)CC(=O)OC)cc3)cc2)cc1. The average molecular weight is 617 g/mol. The molecular weight excluding hydrogens is 580 g/mol. The van der Waals surface area contributed by atoms with Crippen molar-refractivity contribution < 1.29 is 47.6 Å². The van der Waals surface area contributed by atoms with E-state index in [1.807, 2.05) is 36.4 Å². The Kier molecular flexibility index (Phi) is 13.9. The number of carbonyl (C=O) groups is 4. The van der Waals surface area contributed by atoms with Crippen molar-refractivity contribution in [3.8, 4) is 28.4 Å². The van der Waals surface area contributed by atoms with Crippen molar-refractivity contribution in [2.75, 3.05) is 33.5 Å². The molecule has 0 saturated heterocycles. The van der Waals surface area contributed by atoms with Crippen molar-refractivity contribution in [3.05, 3.63) is 103 Å². The summed E-state index contributed by atoms with van der Waals surface area (Å²) in [7, 11) is 1.24. The van der Waals surface area contributed by atoms with Gasteiger partial charge in [0.1, 0.15) is 17.2 Å². The highest BCUT2D eigenvalue weighted by Gasteiger charge is 2.13. The molecule has 0 fully saturated rings. The van der Waals surface area contributed by atoms with Crippen LogP contribution < -0.4 is 14.2 Å². The summed E-state index contributed by atoms with van der Waals surface area (Å²) in [5, 5.41) is 0. The van der Waals surface area contributed by atoms with Gasteiger partial charge in [0.2, 0.25) is 0 Å². The predicted octanol–water partition coefficient (Wildman–Crippen LogP) is 5.89. The minimum absolute atomic E-state index is 0.0378. The van der Waals surface area contributed by atoms with Crippen LogP contribution >= 0.6 is 0 Å². The maximum Gasteiger partial charge on any atom is 0.343 e. The molecule has 0 N–H and O–H groups in total. The second-order valence-corrected chi connectivity index (χ2v) is 9.58. The van der Waals surface area contributed by atoms with Crippen molar-refractivity contribution in [1.29, 1.82) is 0 Å². The molecule has 236 valence electrons. The lowest BCUT2D eigenvalue weighted by Gasteiger charge is -2.10. The van der Waals surface area contributed by atoms with Crippen LogP contribution in [0.15, 0.2) is 97.6 Å². The fourth-order valence-corrected chi connectivity index (χ4v) is 3.77. The van der Waals surface area contributed by atoms with Crippen LogP contribution in [0.2, 0.25) is 0 Å². The van der Waals surface area contributed by atoms with Gasteiger partial charge in [-0.05, 0) is 72.5 Å². The van der Waals surface area contributed by atoms with Crippen LogP contribution in [0, 0.1) is 0 Å². The zero-order chi connectivity index (χ0) is 32.4. The lowest BCUT2D eigenvalue weighted by molar-refractivity contribution is -0.144. The highest BCUT2D eigenvalue weighted by atomic mass is 16.5. The van der Waals surface area contributed by atoms with Crippen LogP contribution in [0.25, 0.3) is 11.1 Å². The van der Waals surface area contributed by atoms with Crippen molar-refractivity contribution in [2.45, 2.75) is 25.7 Å². The van der Waals surface area contributed by atoms with Crippen molar-refractivity contribution in [2.24, 2.45) is 0 Å². The third kappa shape index (κ3) is 12.0. The van der Waals surface area contributed by atoms with Crippen LogP contribution in [0.1, 0.15) is 36.0 Å². The number of benzene rings is 3. The number of unbranched alkanes of at least 4 members (excludes halogenated alkanes) is 1. The standard InChI is InChI=1S/C35H36O10/c1-4-32(36)43-21-6-5-20-41-30-16-18-31(19-17-30)45-35(39)28-10-8-26(9-11-28)27-12-14-29(15-13-27)42-22-7-23-44-34(38)25(2)24-33(37)40-3/h4,8-19H,1-2,5-7,20-24H2,3H3. The fourth-order valence-electron chi connectivity index (χ4n) is 3.77. The van der Waals surface area contributed by atoms with Gasteiger partial charge in [0.15, 0.2) is 0 Å². The van der Waals surface area contributed by atoms with E-state index < -0.39 is 23.9 Å². The normalized spacial score (nSPS) is 10.2. The molecule has 0 unspecified atom stereocenters. The summed E-state index contributed by atoms with van der Waals surface area (Å²) >= 11 is 0. The van der Waals surface area contributed by atoms with E-state index in [4.69, 9.17) is 23.7 Å². The molecule has 10 heteroatoms. The first-order chi connectivity index (χ1) is 21.8. The molecule has 0 saturated carbocycles. The Bertz CT molecular complexity index is 1440. The molecule has 0 spiro atoms. The molecule has 0 amide bonds. The molecule has 10 nitrogen and oxygen atoms in total. The maximum atomic E-state index is 12.6. The van der Waals surface area contributed by atoms with E-state index in [0.717, 1.165) is 23.6 Å². The number of ether oxygens (including phenoxy) is 6. The molecule has 0 radical (unpaired) electrons. The van der Waals surface area contributed by atoms with Crippen molar-refractivity contribution in [1.82, 2.24) is 0 Å². The van der Waals surface area contributed by atoms with Gasteiger partial charge in [0.05, 0.1) is 45.5 Å². The van der Waals surface area contributed by atoms with Gasteiger partial charge in [-0.25, -0.2) is 14.4 Å². The summed E-state index contributed by atoms with van der Waals surface area (Å²) in [5.74, 6) is -0.423. The van der Waals surface area contributed by atoms with Crippen LogP contribution in [0.4, 0.5) is 0 Å². The van der Waals surface area contributed by atoms with Crippen LogP contribution in [0.3, 0.4) is 0 Å². The van der Waals surface area contributed by atoms with Gasteiger partial charge < -0.3 is 28.4 Å². The Balaban J connectivity index is 1.37. The Labute approximate surface area is 262 Å². The van der Waals surface area contributed by atoms with Gasteiger partial charge in [-0.2, -0.15) is 0 Å². The van der Waals surface area contributed by atoms with Crippen molar-refractivity contribution >= 4 is 23.9 Å². The Morgan fingerprint density at radius 3 is 1.78 bits per heavy atom. The van der Waals surface area contributed by atoms with E-state index >= 15 is 0 Å². The fraction of sp³-hybridized carbons (Fsp3) is 0.257.